The van der Waals surface area contributed by atoms with Crippen LogP contribution in [0, 0.1) is 13.8 Å². The maximum atomic E-state index is 11.4. The summed E-state index contributed by atoms with van der Waals surface area (Å²) in [4.78, 5) is 80.6. The number of benzene rings is 6. The molecule has 0 fully saturated rings. The first-order valence-corrected chi connectivity index (χ1v) is 25.2. The Balaban J connectivity index is 0.000000135. The average molecular weight is 1070 g/mol. The van der Waals surface area contributed by atoms with Crippen molar-refractivity contribution in [1.29, 1.82) is 0 Å². The van der Waals surface area contributed by atoms with E-state index in [2.05, 4.69) is 15.0 Å². The number of carboxylic acids is 3. The third-order valence-electron chi connectivity index (χ3n) is 14.0. The number of nitrogens with two attached hydrogens (primary N) is 3. The van der Waals surface area contributed by atoms with Crippen molar-refractivity contribution in [2.75, 3.05) is 0 Å². The molecule has 0 bridgehead atoms. The van der Waals surface area contributed by atoms with Gasteiger partial charge in [-0.15, -0.1) is 0 Å². The van der Waals surface area contributed by atoms with Gasteiger partial charge in [0.2, 0.25) is 17.7 Å². The number of nitrogens with zero attached hydrogens (tertiary/aromatic N) is 9. The fourth-order valence-corrected chi connectivity index (χ4v) is 10.2. The number of carbonyl (C=O) groups excluding carboxylic acids is 3. The van der Waals surface area contributed by atoms with Crippen molar-refractivity contribution < 1.29 is 44.1 Å². The molecular weight excluding hydrogens is 1020 g/mol. The van der Waals surface area contributed by atoms with Gasteiger partial charge in [-0.05, 0) is 111 Å². The minimum absolute atomic E-state index is 0.179. The van der Waals surface area contributed by atoms with Gasteiger partial charge in [0.05, 0.1) is 40.6 Å². The Labute approximate surface area is 453 Å². The molecule has 0 spiro atoms. The van der Waals surface area contributed by atoms with Crippen molar-refractivity contribution >= 4 is 101 Å². The lowest BCUT2D eigenvalue weighted by molar-refractivity contribution is -0.119. The van der Waals surface area contributed by atoms with Crippen LogP contribution in [0.2, 0.25) is 0 Å². The van der Waals surface area contributed by atoms with E-state index >= 15 is 0 Å². The molecule has 21 nitrogen and oxygen atoms in total. The molecule has 0 unspecified atom stereocenters. The van der Waals surface area contributed by atoms with Crippen molar-refractivity contribution in [3.8, 4) is 17.1 Å². The number of primary amides is 3. The highest BCUT2D eigenvalue weighted by Crippen LogP contribution is 2.35. The van der Waals surface area contributed by atoms with Crippen LogP contribution in [0.25, 0.3) is 82.5 Å². The molecule has 0 aliphatic heterocycles. The first-order chi connectivity index (χ1) is 38.4. The molecule has 21 heteroatoms. The largest absolute Gasteiger partial charge is 0.478 e. The topological polar surface area (TPSA) is 309 Å². The minimum atomic E-state index is -0.988. The molecule has 6 aromatic carbocycles. The quantitative estimate of drug-likeness (QED) is 0.0565. The summed E-state index contributed by atoms with van der Waals surface area (Å²) in [7, 11) is 0. The molecule has 12 aromatic rings. The standard InChI is InChI=1S/2C20H18N4O3.C19H16N4O3/c1-12-22-7-9-23(12)14-3-5-17-16(11-14)15-4-2-13(20(26)27)10-18(15)24(17)8-6-19(21)25;1-12-10-23(11-22-12)14-3-5-18-16(9-14)15-8-13(20(26)27)2-4-17(15)24(18)7-6-19(21)25;20-18(24)5-7-23-16-4-1-12(19(25)26)9-15(16)14-3-2-13(10-17(14)23)22-8-6-21-11-22/h2-5,7,9-11H,6,8H2,1H3,(H2,21,25)(H,26,27);2-5,8-11H,6-7H2,1H3,(H2,21,25)(H,26,27);1-4,6,8-11H,5,7H2,(H2,20,24)(H,25,26). The Morgan fingerprint density at radius 2 is 0.875 bits per heavy atom. The number of rotatable bonds is 15. The zero-order valence-electron chi connectivity index (χ0n) is 43.2. The lowest BCUT2D eigenvalue weighted by Crippen LogP contribution is -2.13. The van der Waals surface area contributed by atoms with Crippen molar-refractivity contribution in [2.45, 2.75) is 52.7 Å². The lowest BCUT2D eigenvalue weighted by Gasteiger charge is -2.08. The van der Waals surface area contributed by atoms with Crippen LogP contribution in [0.1, 0.15) is 61.9 Å². The number of amides is 3. The van der Waals surface area contributed by atoms with E-state index in [1.807, 2.05) is 121 Å². The monoisotopic (exact) mass is 1070 g/mol. The Bertz CT molecular complexity index is 4440. The number of aryl methyl sites for hydroxylation is 5. The van der Waals surface area contributed by atoms with Crippen LogP contribution in [0.3, 0.4) is 0 Å². The number of carbonyl (C=O) groups is 6. The predicted molar refractivity (Wildman–Crippen MR) is 301 cm³/mol. The summed E-state index contributed by atoms with van der Waals surface area (Å²) in [5.41, 5.74) is 25.6. The minimum Gasteiger partial charge on any atom is -0.478 e. The summed E-state index contributed by atoms with van der Waals surface area (Å²) in [6.45, 7) is 5.10. The normalized spacial score (nSPS) is 11.3. The van der Waals surface area contributed by atoms with Gasteiger partial charge in [-0.3, -0.25) is 14.4 Å². The first-order valence-electron chi connectivity index (χ1n) is 25.2. The van der Waals surface area contributed by atoms with Gasteiger partial charge in [0.15, 0.2) is 0 Å². The Morgan fingerprint density at radius 3 is 1.38 bits per heavy atom. The second-order valence-electron chi connectivity index (χ2n) is 19.1. The Kier molecular flexibility index (Phi) is 14.2. The lowest BCUT2D eigenvalue weighted by atomic mass is 10.1. The van der Waals surface area contributed by atoms with Crippen molar-refractivity contribution in [1.82, 2.24) is 42.4 Å². The number of hydrogen-bond donors (Lipinski definition) is 6. The summed E-state index contributed by atoms with van der Waals surface area (Å²) in [5.74, 6) is -3.22. The van der Waals surface area contributed by atoms with Gasteiger partial charge in [-0.2, -0.15) is 0 Å². The van der Waals surface area contributed by atoms with E-state index in [1.54, 1.807) is 73.6 Å². The second-order valence-corrected chi connectivity index (χ2v) is 19.1. The molecule has 0 saturated heterocycles. The molecule has 0 aliphatic carbocycles. The molecule has 6 aromatic heterocycles. The summed E-state index contributed by atoms with van der Waals surface area (Å²) >= 11 is 0. The molecule has 0 aliphatic rings. The summed E-state index contributed by atoms with van der Waals surface area (Å²) in [6, 6.07) is 32.9. The van der Waals surface area contributed by atoms with E-state index in [9.17, 15) is 44.1 Å². The van der Waals surface area contributed by atoms with E-state index in [1.165, 1.54) is 0 Å². The highest BCUT2D eigenvalue weighted by atomic mass is 16.4. The van der Waals surface area contributed by atoms with E-state index in [4.69, 9.17) is 17.2 Å². The third kappa shape index (κ3) is 10.4. The van der Waals surface area contributed by atoms with Crippen molar-refractivity contribution in [3.05, 3.63) is 181 Å². The van der Waals surface area contributed by atoms with E-state index in [0.717, 1.165) is 94.0 Å². The van der Waals surface area contributed by atoms with Gasteiger partial charge < -0.3 is 59.9 Å². The van der Waals surface area contributed by atoms with Crippen LogP contribution in [-0.4, -0.2) is 93.3 Å². The van der Waals surface area contributed by atoms with Gasteiger partial charge in [-0.25, -0.2) is 29.3 Å². The van der Waals surface area contributed by atoms with Crippen LogP contribution in [0.5, 0.6) is 0 Å². The van der Waals surface area contributed by atoms with Crippen LogP contribution < -0.4 is 17.2 Å². The van der Waals surface area contributed by atoms with E-state index < -0.39 is 23.8 Å². The van der Waals surface area contributed by atoms with Gasteiger partial charge in [0, 0.05) is 147 Å². The molecular formula is C59H52N12O9. The summed E-state index contributed by atoms with van der Waals surface area (Å²) < 4.78 is 11.7. The van der Waals surface area contributed by atoms with Gasteiger partial charge >= 0.3 is 17.9 Å². The number of fused-ring (bicyclic) bond motifs is 9. The SMILES string of the molecule is Cc1cn(-c2ccc3c(c2)c2cc(C(=O)O)ccc2n3CCC(N)=O)cn1.Cc1nccn1-c1ccc2c(c1)c1ccc(C(=O)O)cc1n2CCC(N)=O.NC(=O)CCn1c2ccc(C(=O)O)cc2c2ccc(-n3ccnc3)cc21. The van der Waals surface area contributed by atoms with Crippen LogP contribution >= 0.6 is 0 Å². The fraction of sp³-hybridized carbons (Fsp3) is 0.136. The van der Waals surface area contributed by atoms with Crippen LogP contribution in [-0.2, 0) is 34.0 Å². The second kappa shape index (κ2) is 21.7. The zero-order valence-corrected chi connectivity index (χ0v) is 43.2. The molecule has 402 valence electrons. The molecule has 0 atom stereocenters. The number of aromatic carboxylic acids is 3. The van der Waals surface area contributed by atoms with E-state index in [0.29, 0.717) is 19.6 Å². The van der Waals surface area contributed by atoms with Crippen molar-refractivity contribution in [2.24, 2.45) is 17.2 Å². The molecule has 9 N–H and O–H groups in total. The summed E-state index contributed by atoms with van der Waals surface area (Å²) in [6.07, 6.45) is 13.2. The molecule has 0 saturated carbocycles. The Hall–Kier alpha value is -10.8. The molecule has 12 rings (SSSR count). The average Bonchev–Trinajstić information content (AvgIpc) is 4.49. The zero-order chi connectivity index (χ0) is 56.5. The fourth-order valence-electron chi connectivity index (χ4n) is 10.2. The number of imidazole rings is 3. The number of carboxylic acid groups (broad SMARTS) is 3. The summed E-state index contributed by atoms with van der Waals surface area (Å²) in [5, 5.41) is 33.4. The van der Waals surface area contributed by atoms with Crippen LogP contribution in [0.4, 0.5) is 0 Å². The van der Waals surface area contributed by atoms with E-state index in [-0.39, 0.29) is 47.8 Å². The number of hydrogen-bond acceptors (Lipinski definition) is 9. The highest BCUT2D eigenvalue weighted by Gasteiger charge is 2.19. The third-order valence-corrected chi connectivity index (χ3v) is 14.0. The molecule has 0 radical (unpaired) electrons. The molecule has 3 amide bonds. The maximum absolute atomic E-state index is 11.4. The van der Waals surface area contributed by atoms with Crippen molar-refractivity contribution in [3.63, 3.8) is 0 Å². The first kappa shape index (κ1) is 52.6. The smallest absolute Gasteiger partial charge is 0.335 e. The molecule has 6 heterocycles. The van der Waals surface area contributed by atoms with Gasteiger partial charge in [0.1, 0.15) is 5.82 Å². The van der Waals surface area contributed by atoms with Gasteiger partial charge in [-0.1, -0.05) is 12.1 Å². The maximum Gasteiger partial charge on any atom is 0.335 e. The van der Waals surface area contributed by atoms with Gasteiger partial charge in [0.25, 0.3) is 0 Å². The number of aromatic nitrogens is 9. The Morgan fingerprint density at radius 1 is 0.438 bits per heavy atom. The molecule has 80 heavy (non-hydrogen) atoms. The predicted octanol–water partition coefficient (Wildman–Crippen LogP) is 8.28. The highest BCUT2D eigenvalue weighted by molar-refractivity contribution is 6.13. The van der Waals surface area contributed by atoms with Crippen LogP contribution in [0.15, 0.2) is 153 Å².